The zero-order valence-corrected chi connectivity index (χ0v) is 33.6. The summed E-state index contributed by atoms with van der Waals surface area (Å²) < 4.78 is 62.9. The normalized spacial score (nSPS) is 48.3. The molecule has 4 saturated carbocycles. The van der Waals surface area contributed by atoms with Gasteiger partial charge in [0.05, 0.1) is 41.0 Å². The fourth-order valence-corrected chi connectivity index (χ4v) is 11.6. The first-order valence-corrected chi connectivity index (χ1v) is 20.0. The predicted molar refractivity (Wildman–Crippen MR) is 177 cm³/mol. The molecule has 2 aliphatic heterocycles. The molecule has 4 aliphatic carbocycles. The van der Waals surface area contributed by atoms with Crippen LogP contribution in [0.25, 0.3) is 0 Å². The van der Waals surface area contributed by atoms with Crippen molar-refractivity contribution in [3.63, 3.8) is 0 Å². The maximum absolute atomic E-state index is 13.6. The Morgan fingerprint density at radius 2 is 1.51 bits per heavy atom. The van der Waals surface area contributed by atoms with E-state index in [1.165, 1.54) is 0 Å². The second-order valence-corrected chi connectivity index (χ2v) is 18.2. The van der Waals surface area contributed by atoms with E-state index in [-0.39, 0.29) is 71.2 Å². The van der Waals surface area contributed by atoms with Crippen molar-refractivity contribution in [1.82, 2.24) is 0 Å². The third-order valence-corrected chi connectivity index (χ3v) is 14.5. The summed E-state index contributed by atoms with van der Waals surface area (Å²) in [4.78, 5) is 13.6. The van der Waals surface area contributed by atoms with Crippen LogP contribution in [-0.4, -0.2) is 147 Å². The van der Waals surface area contributed by atoms with Gasteiger partial charge in [0.25, 0.3) is 0 Å². The van der Waals surface area contributed by atoms with Crippen molar-refractivity contribution in [2.75, 3.05) is 25.6 Å². The molecule has 7 N–H and O–H groups in total. The summed E-state index contributed by atoms with van der Waals surface area (Å²) in [6.45, 7) is 7.16. The molecular formula is C35H55NaO16S. The molecule has 6 aliphatic rings. The average Bonchev–Trinajstić information content (AvgIpc) is 3.28. The molecule has 6 fully saturated rings. The standard InChI is InChI=1S/C35H56O16S.Na/c1-18-14-34-10-6-21-32(2,8-4-9-33(21,3)31(43)47-12-5-13-52(44,45)46)22(34)7-11-35(18,17-34)51-30-28(26(41)24(39)20(16-37)49-30)50-29-27(42)25(40)23(38)19(15-36)48-29;/h19-30,36-42H,1,4-17H2,2-3H3,(H,44,45,46);/q;+1/p-1/t19-,20-,21+,22+,23-,24-,25+,26+,27-,28-,29+,30-,32-,33-,34-,35+;/m1./s1. The number of hydrogen-bond donors (Lipinski definition) is 7. The molecule has 0 radical (unpaired) electrons. The van der Waals surface area contributed by atoms with Crippen LogP contribution in [0.2, 0.25) is 0 Å². The number of rotatable bonds is 11. The summed E-state index contributed by atoms with van der Waals surface area (Å²) in [6.07, 6.45) is -9.34. The molecule has 2 saturated heterocycles. The van der Waals surface area contributed by atoms with Crippen molar-refractivity contribution in [1.29, 1.82) is 0 Å². The molecule has 0 amide bonds. The van der Waals surface area contributed by atoms with Gasteiger partial charge in [0.15, 0.2) is 12.6 Å². The van der Waals surface area contributed by atoms with Crippen molar-refractivity contribution in [3.05, 3.63) is 12.2 Å². The van der Waals surface area contributed by atoms with Gasteiger partial charge >= 0.3 is 35.5 Å². The molecule has 298 valence electrons. The van der Waals surface area contributed by atoms with Crippen LogP contribution in [0.5, 0.6) is 0 Å². The van der Waals surface area contributed by atoms with E-state index >= 15 is 0 Å². The minimum atomic E-state index is -4.41. The minimum Gasteiger partial charge on any atom is -0.748 e. The molecule has 1 spiro atoms. The first-order valence-electron chi connectivity index (χ1n) is 18.4. The van der Waals surface area contributed by atoms with Gasteiger partial charge in [0, 0.05) is 5.75 Å². The molecular weight excluding hydrogens is 731 g/mol. The van der Waals surface area contributed by atoms with Gasteiger partial charge in [-0.2, -0.15) is 0 Å². The van der Waals surface area contributed by atoms with Crippen molar-refractivity contribution in [2.24, 2.45) is 28.1 Å². The zero-order valence-electron chi connectivity index (χ0n) is 30.7. The molecule has 18 heteroatoms. The van der Waals surface area contributed by atoms with Crippen molar-refractivity contribution in [3.8, 4) is 0 Å². The van der Waals surface area contributed by atoms with Gasteiger partial charge in [-0.1, -0.05) is 19.9 Å². The van der Waals surface area contributed by atoms with E-state index in [9.17, 15) is 53.5 Å². The number of fused-ring (bicyclic) bond motifs is 3. The van der Waals surface area contributed by atoms with Crippen LogP contribution in [0.4, 0.5) is 0 Å². The Morgan fingerprint density at radius 1 is 0.887 bits per heavy atom. The van der Waals surface area contributed by atoms with Crippen molar-refractivity contribution in [2.45, 2.75) is 145 Å². The molecule has 16 nitrogen and oxygen atoms in total. The van der Waals surface area contributed by atoms with Crippen LogP contribution in [0.1, 0.15) is 78.1 Å². The second-order valence-electron chi connectivity index (χ2n) is 16.6. The Balaban J connectivity index is 0.00000541. The predicted octanol–water partition coefficient (Wildman–Crippen LogP) is -3.80. The van der Waals surface area contributed by atoms with E-state index in [0.29, 0.717) is 25.7 Å². The largest absolute Gasteiger partial charge is 1.00 e. The van der Waals surface area contributed by atoms with E-state index in [1.807, 2.05) is 6.92 Å². The second kappa shape index (κ2) is 16.1. The fraction of sp³-hybridized carbons (Fsp3) is 0.914. The maximum Gasteiger partial charge on any atom is 1.00 e. The number of carbonyl (C=O) groups is 1. The first-order chi connectivity index (χ1) is 24.3. The van der Waals surface area contributed by atoms with E-state index in [1.54, 1.807) is 0 Å². The van der Waals surface area contributed by atoms with Crippen LogP contribution >= 0.6 is 0 Å². The third-order valence-electron chi connectivity index (χ3n) is 13.7. The molecule has 0 aromatic heterocycles. The zero-order chi connectivity index (χ0) is 38.0. The van der Waals surface area contributed by atoms with Gasteiger partial charge in [-0.05, 0) is 93.0 Å². The van der Waals surface area contributed by atoms with Gasteiger partial charge in [-0.3, -0.25) is 4.79 Å². The average molecular weight is 787 g/mol. The summed E-state index contributed by atoms with van der Waals surface area (Å²) >= 11 is 0. The molecule has 6 rings (SSSR count). The Bertz CT molecular complexity index is 1450. The Kier molecular flexibility index (Phi) is 13.3. The molecule has 0 aromatic carbocycles. The number of aliphatic hydroxyl groups excluding tert-OH is 7. The van der Waals surface area contributed by atoms with Gasteiger partial charge in [-0.15, -0.1) is 0 Å². The Morgan fingerprint density at radius 3 is 2.15 bits per heavy atom. The minimum absolute atomic E-state index is 0. The quantitative estimate of drug-likeness (QED) is 0.0265. The summed E-state index contributed by atoms with van der Waals surface area (Å²) in [5.41, 5.74) is -1.38. The number of aliphatic hydroxyl groups is 7. The van der Waals surface area contributed by atoms with Crippen LogP contribution in [0.15, 0.2) is 12.2 Å². The fourth-order valence-electron chi connectivity index (χ4n) is 11.2. The summed E-state index contributed by atoms with van der Waals surface area (Å²) in [7, 11) is -4.41. The Labute approximate surface area is 332 Å². The van der Waals surface area contributed by atoms with E-state index in [0.717, 1.165) is 37.7 Å². The van der Waals surface area contributed by atoms with Gasteiger partial charge in [-0.25, -0.2) is 8.42 Å². The number of esters is 1. The molecule has 2 heterocycles. The molecule has 0 aromatic rings. The van der Waals surface area contributed by atoms with E-state index < -0.39 is 102 Å². The molecule has 16 atom stereocenters. The number of hydrogen-bond acceptors (Lipinski definition) is 16. The van der Waals surface area contributed by atoms with Gasteiger partial charge < -0.3 is 64.0 Å². The van der Waals surface area contributed by atoms with Crippen molar-refractivity contribution < 1.29 is 107 Å². The summed E-state index contributed by atoms with van der Waals surface area (Å²) in [5.74, 6) is -0.768. The first kappa shape index (κ1) is 43.8. The summed E-state index contributed by atoms with van der Waals surface area (Å²) in [5, 5.41) is 72.9. The van der Waals surface area contributed by atoms with Crippen LogP contribution in [0.3, 0.4) is 0 Å². The van der Waals surface area contributed by atoms with E-state index in [2.05, 4.69) is 13.5 Å². The van der Waals surface area contributed by atoms with E-state index in [4.69, 9.17) is 23.7 Å². The topological polar surface area (TPSA) is 262 Å². The SMILES string of the molecule is C=C1C[C@@]23CC[C@H]4[C@@](C)(CCC[C@@]4(C)C(=O)OCCCS(=O)(=O)[O-])[C@@H]2CC[C@]1(O[C@H]1O[C@H](CO)[C@@H](O)[C@H](O)[C@H]1O[C@@H]1O[C@H](CO)[C@@H](O)[C@H](O)[C@H]1O)C3.[Na+]. The monoisotopic (exact) mass is 786 g/mol. The van der Waals surface area contributed by atoms with Crippen LogP contribution in [-0.2, 0) is 38.6 Å². The van der Waals surface area contributed by atoms with Gasteiger partial charge in [0.1, 0.15) is 48.8 Å². The molecule has 2 bridgehead atoms. The third kappa shape index (κ3) is 7.82. The maximum atomic E-state index is 13.6. The van der Waals surface area contributed by atoms with Crippen molar-refractivity contribution >= 4 is 16.1 Å². The summed E-state index contributed by atoms with van der Waals surface area (Å²) in [6, 6.07) is 0. The van der Waals surface area contributed by atoms with Crippen LogP contribution in [0, 0.1) is 28.1 Å². The number of ether oxygens (including phenoxy) is 5. The smallest absolute Gasteiger partial charge is 0.748 e. The van der Waals surface area contributed by atoms with Crippen LogP contribution < -0.4 is 29.6 Å². The van der Waals surface area contributed by atoms with Gasteiger partial charge in [0.2, 0.25) is 0 Å². The molecule has 53 heavy (non-hydrogen) atoms. The molecule has 0 unspecified atom stereocenters. The Hall–Kier alpha value is -0.320. The number of carbonyl (C=O) groups excluding carboxylic acids is 1.